The molecule has 0 bridgehead atoms. The summed E-state index contributed by atoms with van der Waals surface area (Å²) in [6, 6.07) is 4.42. The summed E-state index contributed by atoms with van der Waals surface area (Å²) >= 11 is 3.14. The summed E-state index contributed by atoms with van der Waals surface area (Å²) in [5.41, 5.74) is 5.22. The molecule has 2 rings (SSSR count). The van der Waals surface area contributed by atoms with Crippen LogP contribution < -0.4 is 10.5 Å². The lowest BCUT2D eigenvalue weighted by molar-refractivity contribution is 0.253. The first-order valence-electron chi connectivity index (χ1n) is 4.31. The van der Waals surface area contributed by atoms with E-state index in [-0.39, 0.29) is 24.3 Å². The Labute approximate surface area is 98.5 Å². The Morgan fingerprint density at radius 1 is 1.44 bits per heavy atom. The summed E-state index contributed by atoms with van der Waals surface area (Å²) < 4.78 is 24.0. The third-order valence-electron chi connectivity index (χ3n) is 1.73. The molecule has 16 heavy (non-hydrogen) atoms. The van der Waals surface area contributed by atoms with E-state index < -0.39 is 5.82 Å². The Morgan fingerprint density at radius 2 is 2.25 bits per heavy atom. The lowest BCUT2D eigenvalue weighted by Gasteiger charge is -2.04. The fourth-order valence-corrected chi connectivity index (χ4v) is 1.39. The minimum absolute atomic E-state index is 0.0250. The molecule has 0 radical (unpaired) electrons. The summed E-state index contributed by atoms with van der Waals surface area (Å²) in [5.74, 6) is -0.165. The summed E-state index contributed by atoms with van der Waals surface area (Å²) in [7, 11) is 0. The van der Waals surface area contributed by atoms with Crippen molar-refractivity contribution < 1.29 is 13.5 Å². The maximum atomic E-state index is 13.3. The molecule has 0 amide bonds. The van der Waals surface area contributed by atoms with Crippen molar-refractivity contribution in [3.8, 4) is 5.75 Å². The molecule has 0 unspecified atom stereocenters. The van der Waals surface area contributed by atoms with Crippen LogP contribution >= 0.6 is 15.9 Å². The van der Waals surface area contributed by atoms with Crippen molar-refractivity contribution in [2.75, 3.05) is 5.73 Å². The van der Waals surface area contributed by atoms with Gasteiger partial charge in [-0.1, -0.05) is 21.0 Å². The number of hydrogen-bond donors (Lipinski definition) is 1. The van der Waals surface area contributed by atoms with Crippen LogP contribution in [0.15, 0.2) is 27.1 Å². The standard InChI is InChI=1S/C9H7BrFN3O2/c10-5-1-2-7(6(11)3-5)15-4-8-13-14-9(12)16-8/h1-3H,4H2,(H2,12,14). The average Bonchev–Trinajstić information content (AvgIpc) is 2.63. The normalized spacial score (nSPS) is 10.4. The van der Waals surface area contributed by atoms with Crippen LogP contribution in [-0.2, 0) is 6.61 Å². The molecule has 84 valence electrons. The number of nitrogens with zero attached hydrogens (tertiary/aromatic N) is 2. The number of halogens is 2. The van der Waals surface area contributed by atoms with Gasteiger partial charge in [0.05, 0.1) is 0 Å². The summed E-state index contributed by atoms with van der Waals surface area (Å²) in [5, 5.41) is 7.02. The van der Waals surface area contributed by atoms with Crippen LogP contribution in [0.2, 0.25) is 0 Å². The number of aromatic nitrogens is 2. The van der Waals surface area contributed by atoms with Gasteiger partial charge in [-0.3, -0.25) is 0 Å². The van der Waals surface area contributed by atoms with E-state index in [2.05, 4.69) is 26.1 Å². The third kappa shape index (κ3) is 2.48. The monoisotopic (exact) mass is 287 g/mol. The molecule has 5 nitrogen and oxygen atoms in total. The predicted octanol–water partition coefficient (Wildman–Crippen LogP) is 2.13. The van der Waals surface area contributed by atoms with Crippen molar-refractivity contribution in [1.82, 2.24) is 10.2 Å². The fraction of sp³-hybridized carbons (Fsp3) is 0.111. The summed E-state index contributed by atoms with van der Waals surface area (Å²) in [6.45, 7) is -0.0250. The predicted molar refractivity (Wildman–Crippen MR) is 57.1 cm³/mol. The van der Waals surface area contributed by atoms with Gasteiger partial charge in [0, 0.05) is 4.47 Å². The van der Waals surface area contributed by atoms with Gasteiger partial charge < -0.3 is 14.9 Å². The fourth-order valence-electron chi connectivity index (χ4n) is 1.06. The Bertz CT molecular complexity index is 503. The van der Waals surface area contributed by atoms with Crippen LogP contribution in [0, 0.1) is 5.82 Å². The SMILES string of the molecule is Nc1nnc(COc2ccc(Br)cc2F)o1. The first-order chi connectivity index (χ1) is 7.65. The van der Waals surface area contributed by atoms with E-state index >= 15 is 0 Å². The first kappa shape index (κ1) is 10.9. The Balaban J connectivity index is 2.04. The minimum Gasteiger partial charge on any atom is -0.481 e. The molecule has 1 aromatic carbocycles. The molecule has 0 saturated carbocycles. The van der Waals surface area contributed by atoms with E-state index in [0.29, 0.717) is 4.47 Å². The van der Waals surface area contributed by atoms with Crippen molar-refractivity contribution in [2.45, 2.75) is 6.61 Å². The van der Waals surface area contributed by atoms with Gasteiger partial charge in [-0.15, -0.1) is 5.10 Å². The Morgan fingerprint density at radius 3 is 2.88 bits per heavy atom. The molecule has 0 atom stereocenters. The molecular formula is C9H7BrFN3O2. The topological polar surface area (TPSA) is 74.2 Å². The second-order valence-electron chi connectivity index (χ2n) is 2.90. The third-order valence-corrected chi connectivity index (χ3v) is 2.22. The number of hydrogen-bond acceptors (Lipinski definition) is 5. The largest absolute Gasteiger partial charge is 0.481 e. The molecule has 0 aliphatic heterocycles. The highest BCUT2D eigenvalue weighted by atomic mass is 79.9. The first-order valence-corrected chi connectivity index (χ1v) is 5.10. The van der Waals surface area contributed by atoms with E-state index in [1.165, 1.54) is 12.1 Å². The number of ether oxygens (including phenoxy) is 1. The highest BCUT2D eigenvalue weighted by molar-refractivity contribution is 9.10. The minimum atomic E-state index is -0.470. The second-order valence-corrected chi connectivity index (χ2v) is 3.81. The number of anilines is 1. The zero-order valence-corrected chi connectivity index (χ0v) is 9.57. The molecule has 0 aliphatic rings. The Kier molecular flexibility index (Phi) is 3.04. The second kappa shape index (κ2) is 4.48. The van der Waals surface area contributed by atoms with Crippen molar-refractivity contribution >= 4 is 21.9 Å². The number of rotatable bonds is 3. The maximum absolute atomic E-state index is 13.3. The van der Waals surface area contributed by atoms with E-state index in [1.54, 1.807) is 6.07 Å². The molecule has 0 aliphatic carbocycles. The van der Waals surface area contributed by atoms with Crippen LogP contribution in [0.3, 0.4) is 0 Å². The van der Waals surface area contributed by atoms with Crippen LogP contribution in [0.4, 0.5) is 10.4 Å². The zero-order valence-electron chi connectivity index (χ0n) is 7.98. The summed E-state index contributed by atoms with van der Waals surface area (Å²) in [6.07, 6.45) is 0. The molecule has 2 aromatic rings. The van der Waals surface area contributed by atoms with Gasteiger partial charge in [0.15, 0.2) is 18.2 Å². The smallest absolute Gasteiger partial charge is 0.312 e. The van der Waals surface area contributed by atoms with Crippen LogP contribution in [0.25, 0.3) is 0 Å². The van der Waals surface area contributed by atoms with Gasteiger partial charge in [0.1, 0.15) is 0 Å². The molecule has 1 heterocycles. The number of nitrogens with two attached hydrogens (primary N) is 1. The number of benzene rings is 1. The van der Waals surface area contributed by atoms with Gasteiger partial charge >= 0.3 is 6.01 Å². The Hall–Kier alpha value is -1.63. The maximum Gasteiger partial charge on any atom is 0.312 e. The van der Waals surface area contributed by atoms with Gasteiger partial charge in [-0.05, 0) is 18.2 Å². The molecule has 2 N–H and O–H groups in total. The van der Waals surface area contributed by atoms with Crippen molar-refractivity contribution in [1.29, 1.82) is 0 Å². The van der Waals surface area contributed by atoms with Crippen molar-refractivity contribution in [3.63, 3.8) is 0 Å². The molecule has 0 fully saturated rings. The lowest BCUT2D eigenvalue weighted by Crippen LogP contribution is -1.97. The molecule has 0 spiro atoms. The van der Waals surface area contributed by atoms with Crippen LogP contribution in [0.5, 0.6) is 5.75 Å². The van der Waals surface area contributed by atoms with Crippen LogP contribution in [-0.4, -0.2) is 10.2 Å². The van der Waals surface area contributed by atoms with Gasteiger partial charge in [0.25, 0.3) is 5.89 Å². The van der Waals surface area contributed by atoms with Crippen molar-refractivity contribution in [2.24, 2.45) is 0 Å². The quantitative estimate of drug-likeness (QED) is 0.936. The van der Waals surface area contributed by atoms with E-state index in [1.807, 2.05) is 0 Å². The number of nitrogen functional groups attached to an aromatic ring is 1. The highest BCUT2D eigenvalue weighted by Gasteiger charge is 2.07. The van der Waals surface area contributed by atoms with Gasteiger partial charge in [-0.2, -0.15) is 0 Å². The molecule has 7 heteroatoms. The summed E-state index contributed by atoms with van der Waals surface area (Å²) in [4.78, 5) is 0. The van der Waals surface area contributed by atoms with Crippen LogP contribution in [0.1, 0.15) is 5.89 Å². The zero-order chi connectivity index (χ0) is 11.5. The van der Waals surface area contributed by atoms with E-state index in [4.69, 9.17) is 14.9 Å². The van der Waals surface area contributed by atoms with Crippen molar-refractivity contribution in [3.05, 3.63) is 34.4 Å². The lowest BCUT2D eigenvalue weighted by atomic mass is 10.3. The van der Waals surface area contributed by atoms with Gasteiger partial charge in [0.2, 0.25) is 0 Å². The highest BCUT2D eigenvalue weighted by Crippen LogP contribution is 2.22. The molecule has 0 saturated heterocycles. The molecule has 1 aromatic heterocycles. The average molecular weight is 288 g/mol. The van der Waals surface area contributed by atoms with E-state index in [9.17, 15) is 4.39 Å². The molecular weight excluding hydrogens is 281 g/mol. The van der Waals surface area contributed by atoms with E-state index in [0.717, 1.165) is 0 Å². The van der Waals surface area contributed by atoms with Gasteiger partial charge in [-0.25, -0.2) is 4.39 Å².